The number of aliphatic hydroxyl groups is 1. The lowest BCUT2D eigenvalue weighted by Gasteiger charge is -2.33. The monoisotopic (exact) mass is 182 g/mol. The van der Waals surface area contributed by atoms with Crippen molar-refractivity contribution in [3.05, 3.63) is 12.2 Å². The van der Waals surface area contributed by atoms with Crippen molar-refractivity contribution in [1.29, 1.82) is 0 Å². The molecule has 72 valence electrons. The van der Waals surface area contributed by atoms with E-state index >= 15 is 0 Å². The first-order chi connectivity index (χ1) is 6.10. The van der Waals surface area contributed by atoms with Crippen molar-refractivity contribution in [2.45, 2.75) is 13.3 Å². The largest absolute Gasteiger partial charge is 0.481 e. The molecule has 3 heteroatoms. The molecule has 0 aromatic rings. The van der Waals surface area contributed by atoms with Crippen LogP contribution < -0.4 is 0 Å². The minimum Gasteiger partial charge on any atom is -0.481 e. The Balaban J connectivity index is 2.37. The van der Waals surface area contributed by atoms with Crippen LogP contribution in [0.25, 0.3) is 0 Å². The molecule has 0 aromatic heterocycles. The summed E-state index contributed by atoms with van der Waals surface area (Å²) in [6.45, 7) is 1.73. The molecule has 0 spiro atoms. The number of carbonyl (C=O) groups is 1. The number of carboxylic acid groups (broad SMARTS) is 1. The van der Waals surface area contributed by atoms with Crippen LogP contribution in [0.15, 0.2) is 12.2 Å². The van der Waals surface area contributed by atoms with Crippen molar-refractivity contribution in [2.24, 2.45) is 23.2 Å². The lowest BCUT2D eigenvalue weighted by Crippen LogP contribution is -2.40. The molecule has 0 radical (unpaired) electrons. The summed E-state index contributed by atoms with van der Waals surface area (Å²) in [7, 11) is 0. The van der Waals surface area contributed by atoms with E-state index in [1.807, 2.05) is 6.08 Å². The summed E-state index contributed by atoms with van der Waals surface area (Å²) < 4.78 is 0. The van der Waals surface area contributed by atoms with Crippen LogP contribution in [0.4, 0.5) is 0 Å². The van der Waals surface area contributed by atoms with Gasteiger partial charge >= 0.3 is 5.97 Å². The molecule has 0 aliphatic heterocycles. The number of rotatable bonds is 2. The van der Waals surface area contributed by atoms with Crippen LogP contribution in [0.5, 0.6) is 0 Å². The van der Waals surface area contributed by atoms with Gasteiger partial charge in [0.2, 0.25) is 0 Å². The van der Waals surface area contributed by atoms with E-state index in [1.54, 1.807) is 6.92 Å². The maximum absolute atomic E-state index is 11.1. The van der Waals surface area contributed by atoms with Crippen LogP contribution >= 0.6 is 0 Å². The Morgan fingerprint density at radius 1 is 1.62 bits per heavy atom. The van der Waals surface area contributed by atoms with E-state index in [1.165, 1.54) is 0 Å². The summed E-state index contributed by atoms with van der Waals surface area (Å²) in [5, 5.41) is 18.3. The zero-order valence-electron chi connectivity index (χ0n) is 7.60. The predicted molar refractivity (Wildman–Crippen MR) is 47.1 cm³/mol. The van der Waals surface area contributed by atoms with E-state index in [2.05, 4.69) is 6.08 Å². The summed E-state index contributed by atoms with van der Waals surface area (Å²) in [4.78, 5) is 11.1. The van der Waals surface area contributed by atoms with Gasteiger partial charge in [-0.05, 0) is 25.2 Å². The zero-order valence-corrected chi connectivity index (χ0v) is 7.60. The molecule has 13 heavy (non-hydrogen) atoms. The molecule has 1 fully saturated rings. The summed E-state index contributed by atoms with van der Waals surface area (Å²) in [5.74, 6) is -0.480. The smallest absolute Gasteiger partial charge is 0.310 e. The molecule has 3 nitrogen and oxygen atoms in total. The van der Waals surface area contributed by atoms with Crippen molar-refractivity contribution >= 4 is 5.97 Å². The first-order valence-corrected chi connectivity index (χ1v) is 4.63. The molecular weight excluding hydrogens is 168 g/mol. The molecule has 0 saturated heterocycles. The highest BCUT2D eigenvalue weighted by atomic mass is 16.4. The Morgan fingerprint density at radius 2 is 2.31 bits per heavy atom. The van der Waals surface area contributed by atoms with Gasteiger partial charge in [0.1, 0.15) is 0 Å². The highest BCUT2D eigenvalue weighted by Crippen LogP contribution is 2.55. The second-order valence-electron chi connectivity index (χ2n) is 4.27. The maximum atomic E-state index is 11.1. The van der Waals surface area contributed by atoms with Crippen LogP contribution in [-0.2, 0) is 4.79 Å². The minimum absolute atomic E-state index is 0.0195. The normalized spacial score (nSPS) is 47.1. The second kappa shape index (κ2) is 2.58. The summed E-state index contributed by atoms with van der Waals surface area (Å²) in [6.07, 6.45) is 4.94. The molecule has 0 amide bonds. The lowest BCUT2D eigenvalue weighted by atomic mass is 9.70. The van der Waals surface area contributed by atoms with Crippen molar-refractivity contribution in [1.82, 2.24) is 0 Å². The molecule has 2 aliphatic carbocycles. The van der Waals surface area contributed by atoms with Gasteiger partial charge in [0.15, 0.2) is 0 Å². The van der Waals surface area contributed by atoms with Crippen LogP contribution in [0.2, 0.25) is 0 Å². The molecule has 2 bridgehead atoms. The highest BCUT2D eigenvalue weighted by Gasteiger charge is 2.57. The van der Waals surface area contributed by atoms with Gasteiger partial charge in [-0.3, -0.25) is 4.79 Å². The second-order valence-corrected chi connectivity index (χ2v) is 4.27. The molecule has 0 aromatic carbocycles. The predicted octanol–water partition coefficient (Wildman–Crippen LogP) is 0.892. The van der Waals surface area contributed by atoms with Gasteiger partial charge in [-0.15, -0.1) is 0 Å². The Labute approximate surface area is 77.1 Å². The minimum atomic E-state index is -0.775. The van der Waals surface area contributed by atoms with Crippen molar-refractivity contribution in [2.75, 3.05) is 6.61 Å². The third kappa shape index (κ3) is 0.908. The highest BCUT2D eigenvalue weighted by molar-refractivity contribution is 5.76. The topological polar surface area (TPSA) is 57.5 Å². The van der Waals surface area contributed by atoms with Gasteiger partial charge in [0, 0.05) is 12.5 Å². The third-order valence-corrected chi connectivity index (χ3v) is 3.83. The van der Waals surface area contributed by atoms with Crippen LogP contribution in [0, 0.1) is 23.2 Å². The fraction of sp³-hybridized carbons (Fsp3) is 0.700. The Morgan fingerprint density at radius 3 is 2.77 bits per heavy atom. The number of hydrogen-bond donors (Lipinski definition) is 2. The van der Waals surface area contributed by atoms with Crippen molar-refractivity contribution in [3.63, 3.8) is 0 Å². The average Bonchev–Trinajstić information content (AvgIpc) is 2.62. The fourth-order valence-electron chi connectivity index (χ4n) is 2.83. The van der Waals surface area contributed by atoms with Crippen LogP contribution in [0.3, 0.4) is 0 Å². The standard InChI is InChI=1S/C10H14O3/c1-10(9(12)13)7-3-2-6(4-7)8(10)5-11/h2-3,6-8,11H,4-5H2,1H3,(H,12,13)/t6?,7?,8-,10+/m1/s1. The van der Waals surface area contributed by atoms with E-state index in [0.717, 1.165) is 6.42 Å². The Hall–Kier alpha value is -0.830. The fourth-order valence-corrected chi connectivity index (χ4v) is 2.83. The molecule has 0 heterocycles. The third-order valence-electron chi connectivity index (χ3n) is 3.83. The zero-order chi connectivity index (χ0) is 9.64. The first-order valence-electron chi connectivity index (χ1n) is 4.63. The first kappa shape index (κ1) is 8.75. The number of hydrogen-bond acceptors (Lipinski definition) is 2. The molecule has 2 aliphatic rings. The molecule has 2 unspecified atom stereocenters. The van der Waals surface area contributed by atoms with E-state index in [4.69, 9.17) is 5.11 Å². The number of allylic oxidation sites excluding steroid dienone is 2. The van der Waals surface area contributed by atoms with E-state index in [9.17, 15) is 9.90 Å². The number of carboxylic acids is 1. The number of aliphatic carboxylic acids is 1. The van der Waals surface area contributed by atoms with Gasteiger partial charge in [0.05, 0.1) is 5.41 Å². The van der Waals surface area contributed by atoms with E-state index in [-0.39, 0.29) is 24.4 Å². The molecule has 4 atom stereocenters. The number of aliphatic hydroxyl groups excluding tert-OH is 1. The van der Waals surface area contributed by atoms with Crippen LogP contribution in [0.1, 0.15) is 13.3 Å². The molecule has 2 rings (SSSR count). The Kier molecular flexibility index (Phi) is 1.74. The number of fused-ring (bicyclic) bond motifs is 2. The quantitative estimate of drug-likeness (QED) is 0.623. The van der Waals surface area contributed by atoms with E-state index in [0.29, 0.717) is 0 Å². The molecule has 1 saturated carbocycles. The van der Waals surface area contributed by atoms with Crippen LogP contribution in [-0.4, -0.2) is 22.8 Å². The molecular formula is C10H14O3. The summed E-state index contributed by atoms with van der Waals surface area (Å²) in [5.41, 5.74) is -0.742. The lowest BCUT2D eigenvalue weighted by molar-refractivity contribution is -0.153. The van der Waals surface area contributed by atoms with Gasteiger partial charge < -0.3 is 10.2 Å². The average molecular weight is 182 g/mol. The summed E-state index contributed by atoms with van der Waals surface area (Å²) >= 11 is 0. The van der Waals surface area contributed by atoms with Crippen molar-refractivity contribution in [3.8, 4) is 0 Å². The van der Waals surface area contributed by atoms with Gasteiger partial charge in [-0.1, -0.05) is 12.2 Å². The maximum Gasteiger partial charge on any atom is 0.310 e. The van der Waals surface area contributed by atoms with Gasteiger partial charge in [0.25, 0.3) is 0 Å². The van der Waals surface area contributed by atoms with Crippen molar-refractivity contribution < 1.29 is 15.0 Å². The van der Waals surface area contributed by atoms with E-state index < -0.39 is 11.4 Å². The Bertz CT molecular complexity index is 271. The summed E-state index contributed by atoms with van der Waals surface area (Å²) in [6, 6.07) is 0. The van der Waals surface area contributed by atoms with Gasteiger partial charge in [-0.2, -0.15) is 0 Å². The SMILES string of the molecule is C[C@]1(C(=O)O)C2C=CC(C2)[C@H]1CO. The van der Waals surface area contributed by atoms with Gasteiger partial charge in [-0.25, -0.2) is 0 Å². The molecule has 2 N–H and O–H groups in total.